The van der Waals surface area contributed by atoms with Crippen molar-refractivity contribution < 1.29 is 4.79 Å². The average molecular weight is 416 g/mol. The van der Waals surface area contributed by atoms with Crippen LogP contribution in [0.2, 0.25) is 0 Å². The summed E-state index contributed by atoms with van der Waals surface area (Å²) in [6.45, 7) is 4.71. The Labute approximate surface area is 185 Å². The van der Waals surface area contributed by atoms with Crippen LogP contribution in [0.1, 0.15) is 55.0 Å². The van der Waals surface area contributed by atoms with Gasteiger partial charge in [0.05, 0.1) is 5.54 Å². The molecule has 1 saturated carbocycles. The maximum Gasteiger partial charge on any atom is 0.220 e. The third-order valence-corrected chi connectivity index (χ3v) is 8.08. The van der Waals surface area contributed by atoms with Crippen LogP contribution in [0.5, 0.6) is 0 Å². The highest BCUT2D eigenvalue weighted by atomic mass is 16.2. The number of H-pyrrole nitrogens is 1. The molecule has 1 aliphatic heterocycles. The van der Waals surface area contributed by atoms with Crippen LogP contribution in [-0.2, 0) is 22.3 Å². The van der Waals surface area contributed by atoms with Crippen LogP contribution in [0.4, 0.5) is 0 Å². The fraction of sp³-hybridized carbons (Fsp3) is 0.444. The Hall–Kier alpha value is -2.59. The number of nitrogens with zero attached hydrogens (tertiary/aromatic N) is 2. The van der Waals surface area contributed by atoms with Crippen LogP contribution in [-0.4, -0.2) is 41.3 Å². The zero-order valence-corrected chi connectivity index (χ0v) is 19.2. The van der Waals surface area contributed by atoms with Crippen molar-refractivity contribution in [3.8, 4) is 0 Å². The Morgan fingerprint density at radius 3 is 2.39 bits per heavy atom. The molecule has 1 aromatic heterocycles. The molecule has 1 fully saturated rings. The number of aromatic amines is 1. The monoisotopic (exact) mass is 415 g/mol. The van der Waals surface area contributed by atoms with Gasteiger partial charge in [0.15, 0.2) is 0 Å². The first-order valence-electron chi connectivity index (χ1n) is 11.5. The van der Waals surface area contributed by atoms with Gasteiger partial charge in [-0.3, -0.25) is 9.69 Å². The zero-order valence-electron chi connectivity index (χ0n) is 19.2. The molecule has 0 unspecified atom stereocenters. The molecule has 0 radical (unpaired) electrons. The lowest BCUT2D eigenvalue weighted by Gasteiger charge is -2.55. The first-order valence-corrected chi connectivity index (χ1v) is 11.5. The van der Waals surface area contributed by atoms with Gasteiger partial charge in [-0.25, -0.2) is 0 Å². The Morgan fingerprint density at radius 1 is 1.03 bits per heavy atom. The van der Waals surface area contributed by atoms with Crippen LogP contribution < -0.4 is 0 Å². The second-order valence-electron chi connectivity index (χ2n) is 9.77. The molecule has 1 aliphatic carbocycles. The third-order valence-electron chi connectivity index (χ3n) is 8.08. The Bertz CT molecular complexity index is 1120. The molecule has 31 heavy (non-hydrogen) atoms. The summed E-state index contributed by atoms with van der Waals surface area (Å²) in [5, 5.41) is 1.34. The number of benzene rings is 2. The maximum absolute atomic E-state index is 12.8. The summed E-state index contributed by atoms with van der Waals surface area (Å²) in [4.78, 5) is 21.2. The summed E-state index contributed by atoms with van der Waals surface area (Å²) in [5.41, 5.74) is 6.36. The average Bonchev–Trinajstić information content (AvgIpc) is 3.14. The SMILES string of the molecule is CC(=O)N1CCc2c([nH]c3ccc(C)cc23)C12CCC(c1ccccc1)(N(C)C)CC2. The van der Waals surface area contributed by atoms with Crippen molar-refractivity contribution in [2.45, 2.75) is 57.0 Å². The van der Waals surface area contributed by atoms with Crippen LogP contribution in [0.15, 0.2) is 48.5 Å². The largest absolute Gasteiger partial charge is 0.356 e. The first kappa shape index (κ1) is 20.3. The summed E-state index contributed by atoms with van der Waals surface area (Å²) in [5.74, 6) is 0.192. The van der Waals surface area contributed by atoms with E-state index in [2.05, 4.69) is 84.3 Å². The summed E-state index contributed by atoms with van der Waals surface area (Å²) in [6.07, 6.45) is 4.93. The van der Waals surface area contributed by atoms with Gasteiger partial charge in [-0.1, -0.05) is 42.0 Å². The molecule has 0 atom stereocenters. The van der Waals surface area contributed by atoms with E-state index in [0.29, 0.717) is 0 Å². The highest BCUT2D eigenvalue weighted by Crippen LogP contribution is 2.53. The Balaban J connectivity index is 1.61. The molecule has 3 aromatic rings. The molecule has 2 aliphatic rings. The fourth-order valence-corrected chi connectivity index (χ4v) is 6.39. The lowest BCUT2D eigenvalue weighted by atomic mass is 9.65. The lowest BCUT2D eigenvalue weighted by molar-refractivity contribution is -0.140. The van der Waals surface area contributed by atoms with E-state index in [4.69, 9.17) is 0 Å². The number of hydrogen-bond donors (Lipinski definition) is 1. The number of aromatic nitrogens is 1. The highest BCUT2D eigenvalue weighted by molar-refractivity contribution is 5.87. The summed E-state index contributed by atoms with van der Waals surface area (Å²) in [6, 6.07) is 17.6. The van der Waals surface area contributed by atoms with E-state index >= 15 is 0 Å². The van der Waals surface area contributed by atoms with Gasteiger partial charge in [0.1, 0.15) is 0 Å². The van der Waals surface area contributed by atoms with Crippen molar-refractivity contribution in [2.24, 2.45) is 0 Å². The normalized spacial score (nSPS) is 25.9. The molecule has 5 rings (SSSR count). The van der Waals surface area contributed by atoms with Gasteiger partial charge in [0, 0.05) is 35.6 Å². The molecule has 0 saturated heterocycles. The number of rotatable bonds is 2. The van der Waals surface area contributed by atoms with Crippen LogP contribution in [0.3, 0.4) is 0 Å². The molecule has 4 heteroatoms. The minimum Gasteiger partial charge on any atom is -0.356 e. The van der Waals surface area contributed by atoms with E-state index in [-0.39, 0.29) is 17.0 Å². The molecule has 2 aromatic carbocycles. The smallest absolute Gasteiger partial charge is 0.220 e. The molecule has 0 bridgehead atoms. The molecule has 162 valence electrons. The number of aryl methyl sites for hydroxylation is 1. The molecular formula is C27H33N3O. The van der Waals surface area contributed by atoms with E-state index in [1.54, 1.807) is 6.92 Å². The quantitative estimate of drug-likeness (QED) is 0.632. The van der Waals surface area contributed by atoms with Crippen molar-refractivity contribution >= 4 is 16.8 Å². The maximum atomic E-state index is 12.8. The fourth-order valence-electron chi connectivity index (χ4n) is 6.39. The van der Waals surface area contributed by atoms with Crippen molar-refractivity contribution in [1.29, 1.82) is 0 Å². The molecule has 1 amide bonds. The summed E-state index contributed by atoms with van der Waals surface area (Å²) < 4.78 is 0. The number of hydrogen-bond acceptors (Lipinski definition) is 2. The molecular weight excluding hydrogens is 382 g/mol. The predicted octanol–water partition coefficient (Wildman–Crippen LogP) is 5.11. The second-order valence-corrected chi connectivity index (χ2v) is 9.77. The van der Waals surface area contributed by atoms with E-state index in [0.717, 1.165) is 38.6 Å². The minimum absolute atomic E-state index is 0.00911. The molecule has 2 heterocycles. The van der Waals surface area contributed by atoms with Crippen molar-refractivity contribution in [2.75, 3.05) is 20.6 Å². The van der Waals surface area contributed by atoms with E-state index in [1.165, 1.54) is 33.3 Å². The first-order chi connectivity index (χ1) is 14.9. The van der Waals surface area contributed by atoms with Crippen molar-refractivity contribution in [3.63, 3.8) is 0 Å². The van der Waals surface area contributed by atoms with Crippen molar-refractivity contribution in [3.05, 3.63) is 70.9 Å². The van der Waals surface area contributed by atoms with Crippen LogP contribution >= 0.6 is 0 Å². The summed E-state index contributed by atoms with van der Waals surface area (Å²) >= 11 is 0. The van der Waals surface area contributed by atoms with Gasteiger partial charge in [-0.2, -0.15) is 0 Å². The Kier molecular flexibility index (Phi) is 4.74. The van der Waals surface area contributed by atoms with Gasteiger partial charge in [0.25, 0.3) is 0 Å². The van der Waals surface area contributed by atoms with Crippen LogP contribution in [0, 0.1) is 6.92 Å². The number of amides is 1. The zero-order chi connectivity index (χ0) is 21.8. The molecule has 1 N–H and O–H groups in total. The van der Waals surface area contributed by atoms with Crippen LogP contribution in [0.25, 0.3) is 10.9 Å². The standard InChI is InChI=1S/C27H33N3O/c1-19-10-11-24-23(18-19)22-12-17-30(20(2)31)27(25(22)28-24)15-13-26(14-16-27,29(3)4)21-8-6-5-7-9-21/h5-11,18,28H,12-17H2,1-4H3. The Morgan fingerprint density at radius 2 is 1.74 bits per heavy atom. The number of carbonyl (C=O) groups is 1. The number of nitrogens with one attached hydrogen (secondary N) is 1. The number of fused-ring (bicyclic) bond motifs is 4. The van der Waals surface area contributed by atoms with Gasteiger partial charge >= 0.3 is 0 Å². The van der Waals surface area contributed by atoms with E-state index in [1.807, 2.05) is 0 Å². The topological polar surface area (TPSA) is 39.3 Å². The lowest BCUT2D eigenvalue weighted by Crippen LogP contribution is -2.58. The third kappa shape index (κ3) is 2.95. The van der Waals surface area contributed by atoms with E-state index < -0.39 is 0 Å². The number of carbonyl (C=O) groups excluding carboxylic acids is 1. The predicted molar refractivity (Wildman–Crippen MR) is 126 cm³/mol. The highest BCUT2D eigenvalue weighted by Gasteiger charge is 2.52. The molecule has 4 nitrogen and oxygen atoms in total. The van der Waals surface area contributed by atoms with Crippen molar-refractivity contribution in [1.82, 2.24) is 14.8 Å². The minimum atomic E-state index is -0.235. The van der Waals surface area contributed by atoms with Gasteiger partial charge in [-0.15, -0.1) is 0 Å². The summed E-state index contributed by atoms with van der Waals surface area (Å²) in [7, 11) is 4.40. The van der Waals surface area contributed by atoms with Gasteiger partial charge in [0.2, 0.25) is 5.91 Å². The van der Waals surface area contributed by atoms with Gasteiger partial charge < -0.3 is 9.88 Å². The molecule has 1 spiro atoms. The second kappa shape index (κ2) is 7.23. The van der Waals surface area contributed by atoms with E-state index in [9.17, 15) is 4.79 Å². The van der Waals surface area contributed by atoms with Gasteiger partial charge in [-0.05, 0) is 76.4 Å².